The van der Waals surface area contributed by atoms with Crippen LogP contribution in [0, 0.1) is 0 Å². The Kier molecular flexibility index (Phi) is 5.95. The number of carboxylic acid groups (broad SMARTS) is 1. The van der Waals surface area contributed by atoms with Crippen molar-refractivity contribution in [3.8, 4) is 11.5 Å². The third-order valence-electron chi connectivity index (χ3n) is 5.55. The topological polar surface area (TPSA) is 152 Å². The highest BCUT2D eigenvalue weighted by Crippen LogP contribution is 2.41. The normalized spacial score (nSPS) is 15.4. The lowest BCUT2D eigenvalue weighted by Crippen LogP contribution is -2.38. The van der Waals surface area contributed by atoms with E-state index in [-0.39, 0.29) is 33.7 Å². The summed E-state index contributed by atoms with van der Waals surface area (Å²) in [5.41, 5.74) is -2.58. The number of carbonyl (C=O) groups is 2. The van der Waals surface area contributed by atoms with Gasteiger partial charge >= 0.3 is 12.1 Å². The zero-order chi connectivity index (χ0) is 26.6. The molecule has 1 unspecified atom stereocenters. The summed E-state index contributed by atoms with van der Waals surface area (Å²) < 4.78 is 70.2. The molecule has 10 nitrogen and oxygen atoms in total. The van der Waals surface area contributed by atoms with E-state index in [4.69, 9.17) is 9.84 Å². The number of hydrogen-bond donors (Lipinski definition) is 3. The number of aliphatic carboxylic acids is 1. The van der Waals surface area contributed by atoms with Gasteiger partial charge in [0.2, 0.25) is 0 Å². The molecule has 190 valence electrons. The van der Waals surface area contributed by atoms with Gasteiger partial charge in [-0.3, -0.25) is 19.0 Å². The van der Waals surface area contributed by atoms with Crippen LogP contribution in [-0.2, 0) is 27.4 Å². The molecule has 1 atom stereocenters. The minimum Gasteiger partial charge on any atom is -0.506 e. The van der Waals surface area contributed by atoms with Gasteiger partial charge in [0.15, 0.2) is 9.84 Å². The number of rotatable bonds is 5. The Balaban J connectivity index is 1.92. The number of nitrogens with one attached hydrogen (secondary N) is 1. The summed E-state index contributed by atoms with van der Waals surface area (Å²) in [6, 6.07) is 6.06. The summed E-state index contributed by atoms with van der Waals surface area (Å²) in [6.07, 6.45) is -4.76. The predicted octanol–water partition coefficient (Wildman–Crippen LogP) is 2.08. The van der Waals surface area contributed by atoms with Crippen molar-refractivity contribution in [2.24, 2.45) is 0 Å². The van der Waals surface area contributed by atoms with Crippen LogP contribution in [0.5, 0.6) is 11.5 Å². The van der Waals surface area contributed by atoms with Crippen molar-refractivity contribution in [3.63, 3.8) is 0 Å². The first-order chi connectivity index (χ1) is 16.7. The van der Waals surface area contributed by atoms with E-state index in [9.17, 15) is 41.1 Å². The zero-order valence-corrected chi connectivity index (χ0v) is 19.1. The molecule has 0 saturated carbocycles. The Morgan fingerprint density at radius 2 is 1.83 bits per heavy atom. The minimum absolute atomic E-state index is 0.0390. The number of carboxylic acids is 1. The maximum Gasteiger partial charge on any atom is 0.416 e. The molecule has 0 fully saturated rings. The molecule has 0 radical (unpaired) electrons. The number of carbonyl (C=O) groups excluding carboxylic acids is 1. The molecule has 36 heavy (non-hydrogen) atoms. The Morgan fingerprint density at radius 1 is 1.19 bits per heavy atom. The van der Waals surface area contributed by atoms with Gasteiger partial charge < -0.3 is 20.3 Å². The van der Waals surface area contributed by atoms with Crippen molar-refractivity contribution in [3.05, 3.63) is 63.4 Å². The first-order valence-electron chi connectivity index (χ1n) is 10.2. The van der Waals surface area contributed by atoms with Gasteiger partial charge in [-0.05, 0) is 23.8 Å². The first-order valence-corrected chi connectivity index (χ1v) is 12.0. The number of aromatic nitrogens is 1. The molecule has 0 aliphatic carbocycles. The summed E-state index contributed by atoms with van der Waals surface area (Å²) in [7, 11) is -3.88. The summed E-state index contributed by atoms with van der Waals surface area (Å²) in [6.45, 7) is -1.16. The first kappa shape index (κ1) is 25.0. The maximum atomic E-state index is 13.2. The number of sulfone groups is 1. The van der Waals surface area contributed by atoms with Crippen molar-refractivity contribution >= 4 is 32.6 Å². The highest BCUT2D eigenvalue weighted by Gasteiger charge is 2.33. The van der Waals surface area contributed by atoms with Gasteiger partial charge in [-0.1, -0.05) is 12.1 Å². The Hall–Kier alpha value is -4.07. The van der Waals surface area contributed by atoms with Crippen LogP contribution < -0.4 is 15.6 Å². The smallest absolute Gasteiger partial charge is 0.416 e. The van der Waals surface area contributed by atoms with Crippen molar-refractivity contribution in [2.75, 3.05) is 12.8 Å². The summed E-state index contributed by atoms with van der Waals surface area (Å²) in [5.74, 6) is -3.66. The summed E-state index contributed by atoms with van der Waals surface area (Å²) >= 11 is 0. The maximum absolute atomic E-state index is 13.2. The number of alkyl halides is 3. The highest BCUT2D eigenvalue weighted by molar-refractivity contribution is 7.90. The number of ether oxygens (including phenoxy) is 1. The molecule has 0 saturated heterocycles. The van der Waals surface area contributed by atoms with Crippen LogP contribution in [0.1, 0.15) is 27.6 Å². The van der Waals surface area contributed by atoms with Crippen LogP contribution in [0.25, 0.3) is 10.9 Å². The summed E-state index contributed by atoms with van der Waals surface area (Å²) in [4.78, 5) is 36.3. The van der Waals surface area contributed by atoms with Crippen LogP contribution in [-0.4, -0.2) is 47.9 Å². The molecule has 2 heterocycles. The average molecular weight is 526 g/mol. The molecular weight excluding hydrogens is 509 g/mol. The predicted molar refractivity (Wildman–Crippen MR) is 118 cm³/mol. The second-order valence-electron chi connectivity index (χ2n) is 8.03. The van der Waals surface area contributed by atoms with E-state index in [1.807, 2.05) is 5.32 Å². The van der Waals surface area contributed by atoms with Crippen LogP contribution in [0.15, 0.2) is 46.1 Å². The lowest BCUT2D eigenvalue weighted by molar-refractivity contribution is -0.138. The number of aromatic hydroxyl groups is 1. The fourth-order valence-corrected chi connectivity index (χ4v) is 4.51. The van der Waals surface area contributed by atoms with Gasteiger partial charge in [0.1, 0.15) is 29.7 Å². The van der Waals surface area contributed by atoms with E-state index >= 15 is 0 Å². The van der Waals surface area contributed by atoms with Crippen molar-refractivity contribution in [1.29, 1.82) is 0 Å². The Bertz CT molecular complexity index is 1580. The van der Waals surface area contributed by atoms with Gasteiger partial charge in [-0.25, -0.2) is 8.42 Å². The Labute approximate surface area is 200 Å². The molecule has 1 aliphatic rings. The van der Waals surface area contributed by atoms with Crippen LogP contribution in [0.3, 0.4) is 0 Å². The molecule has 2 aromatic carbocycles. The number of pyridine rings is 1. The van der Waals surface area contributed by atoms with E-state index in [0.717, 1.165) is 47.2 Å². The van der Waals surface area contributed by atoms with Crippen molar-refractivity contribution in [1.82, 2.24) is 9.88 Å². The fourth-order valence-electron chi connectivity index (χ4n) is 3.86. The standard InChI is InChI=1S/C22H17F3N2O8S/c1-36(33,34)12-6-13-18-14(7-12)35-15(10-2-4-11(5-3-10)22(23,24)25)9-27(18)21(32)17(19(13)30)20(31)26-8-16(28)29/h2-7,15,30H,8-9H2,1H3,(H,26,31)(H,28,29). The third-order valence-corrected chi connectivity index (χ3v) is 6.64. The van der Waals surface area contributed by atoms with Crippen LogP contribution in [0.4, 0.5) is 13.2 Å². The lowest BCUT2D eigenvalue weighted by atomic mass is 10.0. The van der Waals surface area contributed by atoms with Crippen molar-refractivity contribution in [2.45, 2.75) is 23.7 Å². The average Bonchev–Trinajstić information content (AvgIpc) is 2.79. The highest BCUT2D eigenvalue weighted by atomic mass is 32.2. The van der Waals surface area contributed by atoms with Crippen LogP contribution >= 0.6 is 0 Å². The van der Waals surface area contributed by atoms with E-state index in [0.29, 0.717) is 0 Å². The van der Waals surface area contributed by atoms with Gasteiger partial charge in [-0.15, -0.1) is 0 Å². The molecule has 3 N–H and O–H groups in total. The summed E-state index contributed by atoms with van der Waals surface area (Å²) in [5, 5.41) is 21.3. The molecule has 1 aromatic heterocycles. The minimum atomic E-state index is -4.58. The molecule has 0 spiro atoms. The molecule has 0 bridgehead atoms. The van der Waals surface area contributed by atoms with Gasteiger partial charge in [0.05, 0.1) is 22.5 Å². The van der Waals surface area contributed by atoms with E-state index in [2.05, 4.69) is 0 Å². The second-order valence-corrected chi connectivity index (χ2v) is 10.0. The number of halogens is 3. The number of nitrogens with zero attached hydrogens (tertiary/aromatic N) is 1. The molecule has 1 amide bonds. The van der Waals surface area contributed by atoms with Crippen molar-refractivity contribution < 1.29 is 46.1 Å². The van der Waals surface area contributed by atoms with Crippen LogP contribution in [0.2, 0.25) is 0 Å². The van der Waals surface area contributed by atoms with Gasteiger partial charge in [-0.2, -0.15) is 13.2 Å². The lowest BCUT2D eigenvalue weighted by Gasteiger charge is -2.29. The molecule has 1 aliphatic heterocycles. The second kappa shape index (κ2) is 8.55. The number of benzene rings is 2. The molecular formula is C22H17F3N2O8S. The largest absolute Gasteiger partial charge is 0.506 e. The third kappa shape index (κ3) is 4.46. The van der Waals surface area contributed by atoms with Gasteiger partial charge in [0, 0.05) is 17.7 Å². The van der Waals surface area contributed by atoms with Gasteiger partial charge in [0.25, 0.3) is 11.5 Å². The zero-order valence-electron chi connectivity index (χ0n) is 18.3. The monoisotopic (exact) mass is 526 g/mol. The Morgan fingerprint density at radius 3 is 2.39 bits per heavy atom. The molecule has 3 aromatic rings. The van der Waals surface area contributed by atoms with E-state index < -0.39 is 63.0 Å². The van der Waals surface area contributed by atoms with E-state index in [1.165, 1.54) is 0 Å². The fraction of sp³-hybridized carbons (Fsp3) is 0.227. The number of amides is 1. The molecule has 14 heteroatoms. The number of hydrogen-bond acceptors (Lipinski definition) is 7. The SMILES string of the molecule is CS(=O)(=O)c1cc2c3c(c1)c(O)c(C(=O)NCC(=O)O)c(=O)n3CC(c1ccc(C(F)(F)F)cc1)O2. The molecule has 4 rings (SSSR count). The quantitative estimate of drug-likeness (QED) is 0.457. The van der Waals surface area contributed by atoms with E-state index in [1.54, 1.807) is 0 Å².